The Morgan fingerprint density at radius 1 is 0.566 bits per heavy atom. The summed E-state index contributed by atoms with van der Waals surface area (Å²) in [6, 6.07) is 16.0. The van der Waals surface area contributed by atoms with Gasteiger partial charge in [-0.25, -0.2) is 4.79 Å². The molecule has 4 rings (SSSR count). The lowest BCUT2D eigenvalue weighted by Gasteiger charge is -2.32. The van der Waals surface area contributed by atoms with Crippen molar-refractivity contribution in [1.29, 1.82) is 0 Å². The first kappa shape index (κ1) is 61.3. The van der Waals surface area contributed by atoms with Crippen LogP contribution in [0.15, 0.2) is 97.1 Å². The minimum Gasteiger partial charge on any atom is -0.508 e. The van der Waals surface area contributed by atoms with Crippen LogP contribution in [0.25, 0.3) is 10.8 Å². The molecule has 0 saturated heterocycles. The van der Waals surface area contributed by atoms with Gasteiger partial charge in [0, 0.05) is 29.8 Å². The molecule has 0 aliphatic rings. The Bertz CT molecular complexity index is 2670. The monoisotopic (exact) mass is 1090 g/mol. The number of amides is 7. The Kier molecular flexibility index (Phi) is 23.6. The number of hydrogen-bond acceptors (Lipinski definition) is 14. The van der Waals surface area contributed by atoms with E-state index in [0.717, 1.165) is 10.8 Å². The van der Waals surface area contributed by atoms with E-state index >= 15 is 0 Å². The average molecular weight is 1090 g/mol. The van der Waals surface area contributed by atoms with E-state index in [2.05, 4.69) is 62.5 Å². The van der Waals surface area contributed by atoms with E-state index in [4.69, 9.17) is 11.5 Å². The van der Waals surface area contributed by atoms with Crippen LogP contribution in [0, 0.1) is 5.92 Å². The first-order chi connectivity index (χ1) is 35.9. The summed E-state index contributed by atoms with van der Waals surface area (Å²) in [4.78, 5) is 122. The van der Waals surface area contributed by atoms with Crippen molar-refractivity contribution < 1.29 is 58.5 Å². The van der Waals surface area contributed by atoms with Crippen LogP contribution in [-0.4, -0.2) is 134 Å². The average Bonchev–Trinajstić information content (AvgIpc) is 3.36. The number of carbonyl (C=O) groups is 9. The smallest absolute Gasteiger partial charge is 0.326 e. The summed E-state index contributed by atoms with van der Waals surface area (Å²) in [6.45, 7) is 6.30. The number of carbonyl (C=O) groups excluding carboxylic acids is 7. The van der Waals surface area contributed by atoms with E-state index in [1.165, 1.54) is 38.1 Å². The summed E-state index contributed by atoms with van der Waals surface area (Å²) in [5, 5.41) is 48.9. The van der Waals surface area contributed by atoms with E-state index in [1.807, 2.05) is 36.4 Å². The zero-order valence-corrected chi connectivity index (χ0v) is 44.4. The van der Waals surface area contributed by atoms with Gasteiger partial charge in [-0.2, -0.15) is 25.3 Å². The van der Waals surface area contributed by atoms with Crippen LogP contribution in [0.4, 0.5) is 0 Å². The molecule has 76 heavy (non-hydrogen) atoms. The highest BCUT2D eigenvalue weighted by molar-refractivity contribution is 7.81. The molecule has 4 aromatic rings. The number of fused-ring (bicyclic) bond motifs is 1. The molecule has 0 bridgehead atoms. The maximum absolute atomic E-state index is 14.8. The molecular weight excluding hydrogens is 1020 g/mol. The summed E-state index contributed by atoms with van der Waals surface area (Å²) < 4.78 is -1.29. The maximum Gasteiger partial charge on any atom is 0.326 e. The number of rotatable bonds is 29. The zero-order chi connectivity index (χ0) is 56.3. The predicted octanol–water partition coefficient (Wildman–Crippen LogP) is 0.887. The van der Waals surface area contributed by atoms with Gasteiger partial charge in [-0.05, 0) is 78.7 Å². The van der Waals surface area contributed by atoms with Gasteiger partial charge in [-0.3, -0.25) is 38.4 Å². The lowest BCUT2D eigenvalue weighted by atomic mass is 9.98. The van der Waals surface area contributed by atoms with Crippen LogP contribution in [0.3, 0.4) is 0 Å². The molecule has 0 unspecified atom stereocenters. The number of carboxylic acids is 2. The number of benzene rings is 4. The van der Waals surface area contributed by atoms with E-state index in [1.54, 1.807) is 50.2 Å². The van der Waals surface area contributed by atoms with Gasteiger partial charge in [0.25, 0.3) is 0 Å². The molecule has 21 nitrogen and oxygen atoms in total. The van der Waals surface area contributed by atoms with Crippen molar-refractivity contribution in [3.63, 3.8) is 0 Å². The highest BCUT2D eigenvalue weighted by Crippen LogP contribution is 2.21. The second-order valence-corrected chi connectivity index (χ2v) is 20.8. The summed E-state index contributed by atoms with van der Waals surface area (Å²) in [5.41, 5.74) is 13.4. The number of nitrogens with one attached hydrogen (secondary N) is 7. The predicted molar refractivity (Wildman–Crippen MR) is 291 cm³/mol. The molecule has 0 radical (unpaired) electrons. The number of thiol groups is 2. The molecule has 0 fully saturated rings. The van der Waals surface area contributed by atoms with Crippen LogP contribution in [0.1, 0.15) is 63.6 Å². The van der Waals surface area contributed by atoms with Crippen LogP contribution in [0.5, 0.6) is 5.75 Å². The quantitative estimate of drug-likeness (QED) is 0.0336. The van der Waals surface area contributed by atoms with E-state index < -0.39 is 119 Å². The highest BCUT2D eigenvalue weighted by Gasteiger charge is 2.39. The lowest BCUT2D eigenvalue weighted by molar-refractivity contribution is -0.143. The number of aliphatic carboxylic acids is 2. The minimum absolute atomic E-state index is 0.0544. The molecule has 0 heterocycles. The summed E-state index contributed by atoms with van der Waals surface area (Å²) in [5.74, 6) is -9.57. The van der Waals surface area contributed by atoms with Gasteiger partial charge < -0.3 is 64.0 Å². The molecule has 23 heteroatoms. The molecule has 410 valence electrons. The fourth-order valence-electron chi connectivity index (χ4n) is 7.94. The standard InChI is InChI=1S/C53H69N9O12S2/c1-29(2)43(52(73)74)61-50(71)41(28-75)60-49(70)38(25-31-17-20-35(63)21-18-31)57-46(67)37(15-10-22-54)56-47(68)40(26-32-16-19-33-13-8-9-14-34(33)23-32)58-48(69)39(24-30-11-6-5-7-12-30)59-51(72)44(53(3,4)76)62-45(66)36(55)27-42(64)65/h5-9,11-14,16-21,23,29,36-41,43-44,63,75-76H,10,15,22,24-28,54-55H2,1-4H3,(H,56,68)(H,57,67)(H,58,69)(H,59,72)(H,60,70)(H,61,71)(H,62,66)(H,64,65)(H,73,74)/t36-,37-,38-,39-,40+,41-,43-,44+/m0/s1. The Morgan fingerprint density at radius 2 is 1.03 bits per heavy atom. The number of nitrogens with two attached hydrogens (primary N) is 2. The van der Waals surface area contributed by atoms with E-state index in [9.17, 15) is 58.5 Å². The number of hydrogen-bond donors (Lipinski definition) is 14. The molecule has 7 amide bonds. The fraction of sp³-hybridized carbons (Fsp3) is 0.415. The molecule has 4 aromatic carbocycles. The second kappa shape index (κ2) is 29.2. The minimum atomic E-state index is -1.52. The van der Waals surface area contributed by atoms with Gasteiger partial charge in [0.05, 0.1) is 12.5 Å². The van der Waals surface area contributed by atoms with Gasteiger partial charge >= 0.3 is 11.9 Å². The third kappa shape index (κ3) is 19.2. The van der Waals surface area contributed by atoms with Crippen molar-refractivity contribution in [3.8, 4) is 5.75 Å². The van der Waals surface area contributed by atoms with Crippen LogP contribution >= 0.6 is 25.3 Å². The van der Waals surface area contributed by atoms with Crippen molar-refractivity contribution in [2.45, 2.75) is 119 Å². The first-order valence-corrected chi connectivity index (χ1v) is 25.6. The largest absolute Gasteiger partial charge is 0.508 e. The normalized spacial score (nSPS) is 14.5. The van der Waals surface area contributed by atoms with Gasteiger partial charge in [-0.15, -0.1) is 0 Å². The molecule has 0 aliphatic heterocycles. The molecule has 0 saturated carbocycles. The third-order valence-electron chi connectivity index (χ3n) is 12.2. The fourth-order valence-corrected chi connectivity index (χ4v) is 8.38. The lowest BCUT2D eigenvalue weighted by Crippen LogP contribution is -2.63. The molecule has 0 aliphatic carbocycles. The molecule has 8 atom stereocenters. The van der Waals surface area contributed by atoms with Crippen molar-refractivity contribution in [2.24, 2.45) is 17.4 Å². The molecular formula is C53H69N9O12S2. The number of aromatic hydroxyl groups is 1. The van der Waals surface area contributed by atoms with E-state index in [-0.39, 0.29) is 50.2 Å². The van der Waals surface area contributed by atoms with Gasteiger partial charge in [0.15, 0.2) is 0 Å². The third-order valence-corrected chi connectivity index (χ3v) is 12.8. The van der Waals surface area contributed by atoms with Crippen LogP contribution in [0.2, 0.25) is 0 Å². The van der Waals surface area contributed by atoms with E-state index in [0.29, 0.717) is 16.7 Å². The summed E-state index contributed by atoms with van der Waals surface area (Å²) in [6.07, 6.45) is -1.02. The number of phenolic OH excluding ortho intramolecular Hbond substituents is 1. The van der Waals surface area contributed by atoms with Crippen molar-refractivity contribution in [1.82, 2.24) is 37.2 Å². The molecule has 0 aromatic heterocycles. The van der Waals surface area contributed by atoms with Gasteiger partial charge in [0.2, 0.25) is 41.4 Å². The summed E-state index contributed by atoms with van der Waals surface area (Å²) in [7, 11) is 0. The summed E-state index contributed by atoms with van der Waals surface area (Å²) >= 11 is 8.75. The Hall–Kier alpha value is -7.21. The number of phenols is 1. The number of carboxylic acid groups (broad SMARTS) is 2. The second-order valence-electron chi connectivity index (χ2n) is 19.2. The van der Waals surface area contributed by atoms with Crippen LogP contribution in [-0.2, 0) is 62.4 Å². The maximum atomic E-state index is 14.8. The molecule has 0 spiro atoms. The Morgan fingerprint density at radius 3 is 1.54 bits per heavy atom. The van der Waals surface area contributed by atoms with Gasteiger partial charge in [-0.1, -0.05) is 98.8 Å². The SMILES string of the molecule is CC(C)[C@H](NC(=O)[C@H](CS)NC(=O)[C@H](Cc1ccc(O)cc1)NC(=O)[C@H](CCCN)NC(=O)[C@@H](Cc1ccc2ccccc2c1)NC(=O)[C@H](Cc1ccccc1)NC(=O)[C@@H](NC(=O)[C@@H](N)CC(=O)O)C(C)(C)S)C(=O)O. The van der Waals surface area contributed by atoms with Crippen LogP contribution < -0.4 is 48.7 Å². The Labute approximate surface area is 451 Å². The Balaban J connectivity index is 1.70. The van der Waals surface area contributed by atoms with Gasteiger partial charge in [0.1, 0.15) is 48.0 Å². The highest BCUT2D eigenvalue weighted by atomic mass is 32.1. The zero-order valence-electron chi connectivity index (χ0n) is 42.7. The molecule has 14 N–H and O–H groups in total. The van der Waals surface area contributed by atoms with Crippen molar-refractivity contribution in [2.75, 3.05) is 12.3 Å². The van der Waals surface area contributed by atoms with Crippen molar-refractivity contribution >= 4 is 89.3 Å². The van der Waals surface area contributed by atoms with Crippen molar-refractivity contribution in [3.05, 3.63) is 114 Å². The first-order valence-electron chi connectivity index (χ1n) is 24.6. The topological polar surface area (TPSA) is 351 Å².